The van der Waals surface area contributed by atoms with E-state index in [4.69, 9.17) is 9.72 Å². The van der Waals surface area contributed by atoms with Crippen LogP contribution in [0.25, 0.3) is 10.9 Å². The van der Waals surface area contributed by atoms with Crippen LogP contribution >= 0.6 is 0 Å². The molecule has 1 aromatic carbocycles. The van der Waals surface area contributed by atoms with Crippen molar-refractivity contribution in [2.24, 2.45) is 0 Å². The molecule has 2 aromatic heterocycles. The smallest absolute Gasteiger partial charge is 0.227 e. The SMILES string of the molecule is O[C@H]1CC[C@H](c2cnc(OC3CCNCC3)c3cnc(Nc4ccccc4F)nc32)CC1. The van der Waals surface area contributed by atoms with E-state index in [1.807, 2.05) is 6.20 Å². The molecular weight excluding hydrogens is 409 g/mol. The molecule has 0 unspecified atom stereocenters. The van der Waals surface area contributed by atoms with Gasteiger partial charge in [-0.3, -0.25) is 0 Å². The fraction of sp³-hybridized carbons (Fsp3) is 0.458. The molecule has 5 rings (SSSR count). The molecule has 0 spiro atoms. The molecule has 32 heavy (non-hydrogen) atoms. The van der Waals surface area contributed by atoms with Gasteiger partial charge in [-0.15, -0.1) is 0 Å². The number of rotatable bonds is 5. The van der Waals surface area contributed by atoms with Crippen molar-refractivity contribution in [3.05, 3.63) is 48.0 Å². The minimum Gasteiger partial charge on any atom is -0.474 e. The lowest BCUT2D eigenvalue weighted by molar-refractivity contribution is 0.122. The van der Waals surface area contributed by atoms with Crippen LogP contribution in [0.5, 0.6) is 5.88 Å². The van der Waals surface area contributed by atoms with Gasteiger partial charge in [0, 0.05) is 18.0 Å². The fourth-order valence-corrected chi connectivity index (χ4v) is 4.61. The number of para-hydroxylation sites is 1. The van der Waals surface area contributed by atoms with Gasteiger partial charge in [-0.1, -0.05) is 12.1 Å². The molecule has 0 atom stereocenters. The van der Waals surface area contributed by atoms with Crippen molar-refractivity contribution in [1.82, 2.24) is 20.3 Å². The molecule has 3 heterocycles. The van der Waals surface area contributed by atoms with E-state index in [-0.39, 0.29) is 23.9 Å². The van der Waals surface area contributed by atoms with Crippen LogP contribution in [0.1, 0.15) is 50.0 Å². The zero-order valence-electron chi connectivity index (χ0n) is 17.9. The van der Waals surface area contributed by atoms with Gasteiger partial charge in [0.05, 0.1) is 22.7 Å². The quantitative estimate of drug-likeness (QED) is 0.554. The second kappa shape index (κ2) is 9.34. The van der Waals surface area contributed by atoms with Crippen molar-refractivity contribution in [3.8, 4) is 5.88 Å². The van der Waals surface area contributed by atoms with Gasteiger partial charge in [0.25, 0.3) is 0 Å². The highest BCUT2D eigenvalue weighted by atomic mass is 19.1. The summed E-state index contributed by atoms with van der Waals surface area (Å²) in [6, 6.07) is 6.47. The zero-order valence-corrected chi connectivity index (χ0v) is 17.9. The first-order chi connectivity index (χ1) is 15.7. The molecule has 2 aliphatic rings. The zero-order chi connectivity index (χ0) is 21.9. The highest BCUT2D eigenvalue weighted by Gasteiger charge is 2.25. The number of aliphatic hydroxyl groups excluding tert-OH is 1. The molecule has 1 saturated heterocycles. The number of nitrogens with one attached hydrogen (secondary N) is 2. The van der Waals surface area contributed by atoms with E-state index >= 15 is 0 Å². The van der Waals surface area contributed by atoms with Gasteiger partial charge in [0.1, 0.15) is 11.9 Å². The second-order valence-electron chi connectivity index (χ2n) is 8.65. The lowest BCUT2D eigenvalue weighted by atomic mass is 9.83. The fourth-order valence-electron chi connectivity index (χ4n) is 4.61. The molecule has 3 aromatic rings. The third kappa shape index (κ3) is 4.52. The normalized spacial score (nSPS) is 22.1. The number of benzene rings is 1. The molecular formula is C24H28FN5O2. The first-order valence-corrected chi connectivity index (χ1v) is 11.4. The topological polar surface area (TPSA) is 92.2 Å². The molecule has 1 aliphatic carbocycles. The van der Waals surface area contributed by atoms with Crippen molar-refractivity contribution in [2.75, 3.05) is 18.4 Å². The van der Waals surface area contributed by atoms with Crippen LogP contribution in [0.2, 0.25) is 0 Å². The minimum atomic E-state index is -0.359. The number of halogens is 1. The average Bonchev–Trinajstić information content (AvgIpc) is 2.82. The van der Waals surface area contributed by atoms with Crippen LogP contribution in [0.4, 0.5) is 16.0 Å². The summed E-state index contributed by atoms with van der Waals surface area (Å²) in [6.07, 6.45) is 8.62. The third-order valence-corrected chi connectivity index (χ3v) is 6.43. The lowest BCUT2D eigenvalue weighted by Gasteiger charge is -2.27. The summed E-state index contributed by atoms with van der Waals surface area (Å²) < 4.78 is 20.4. The number of anilines is 2. The summed E-state index contributed by atoms with van der Waals surface area (Å²) in [5, 5.41) is 17.0. The lowest BCUT2D eigenvalue weighted by Crippen LogP contribution is -2.34. The first-order valence-electron chi connectivity index (χ1n) is 11.4. The monoisotopic (exact) mass is 437 g/mol. The second-order valence-corrected chi connectivity index (χ2v) is 8.65. The first kappa shape index (κ1) is 21.0. The average molecular weight is 438 g/mol. The highest BCUT2D eigenvalue weighted by molar-refractivity contribution is 5.87. The number of piperidine rings is 1. The van der Waals surface area contributed by atoms with E-state index in [0.29, 0.717) is 17.5 Å². The van der Waals surface area contributed by atoms with E-state index in [0.717, 1.165) is 68.1 Å². The maximum atomic E-state index is 14.1. The van der Waals surface area contributed by atoms with E-state index in [1.165, 1.54) is 6.07 Å². The molecule has 0 radical (unpaired) electrons. The third-order valence-electron chi connectivity index (χ3n) is 6.43. The van der Waals surface area contributed by atoms with Crippen LogP contribution < -0.4 is 15.4 Å². The number of nitrogens with zero attached hydrogens (tertiary/aromatic N) is 3. The largest absolute Gasteiger partial charge is 0.474 e. The Morgan fingerprint density at radius 3 is 2.56 bits per heavy atom. The van der Waals surface area contributed by atoms with Crippen LogP contribution in [0, 0.1) is 5.82 Å². The van der Waals surface area contributed by atoms with Gasteiger partial charge >= 0.3 is 0 Å². The number of hydrogen-bond acceptors (Lipinski definition) is 7. The van der Waals surface area contributed by atoms with Crippen LogP contribution in [-0.2, 0) is 0 Å². The van der Waals surface area contributed by atoms with Crippen LogP contribution in [0.3, 0.4) is 0 Å². The van der Waals surface area contributed by atoms with Gasteiger partial charge < -0.3 is 20.5 Å². The summed E-state index contributed by atoms with van der Waals surface area (Å²) in [5.74, 6) is 0.780. The van der Waals surface area contributed by atoms with Crippen molar-refractivity contribution >= 4 is 22.5 Å². The number of aromatic nitrogens is 3. The molecule has 8 heteroatoms. The molecule has 2 fully saturated rings. The van der Waals surface area contributed by atoms with Crippen molar-refractivity contribution in [1.29, 1.82) is 0 Å². The summed E-state index contributed by atoms with van der Waals surface area (Å²) >= 11 is 0. The maximum absolute atomic E-state index is 14.1. The minimum absolute atomic E-state index is 0.110. The summed E-state index contributed by atoms with van der Waals surface area (Å²) in [6.45, 7) is 1.86. The van der Waals surface area contributed by atoms with Crippen molar-refractivity contribution in [2.45, 2.75) is 56.7 Å². The molecule has 7 nitrogen and oxygen atoms in total. The van der Waals surface area contributed by atoms with Crippen molar-refractivity contribution in [3.63, 3.8) is 0 Å². The Labute approximate surface area is 186 Å². The Morgan fingerprint density at radius 2 is 1.78 bits per heavy atom. The molecule has 168 valence electrons. The number of aliphatic hydroxyl groups is 1. The van der Waals surface area contributed by atoms with Gasteiger partial charge in [0.2, 0.25) is 11.8 Å². The van der Waals surface area contributed by atoms with Gasteiger partial charge in [0.15, 0.2) is 0 Å². The Hall–Kier alpha value is -2.84. The Balaban J connectivity index is 1.52. The van der Waals surface area contributed by atoms with Crippen molar-refractivity contribution < 1.29 is 14.2 Å². The standard InChI is InChI=1S/C24H28FN5O2/c25-20-3-1-2-4-21(20)29-24-28-14-19-22(30-24)18(15-5-7-16(31)8-6-15)13-27-23(19)32-17-9-11-26-12-10-17/h1-4,13-17,26,31H,5-12H2,(H,28,29,30)/t15-,16-. The molecule has 1 aliphatic heterocycles. The van der Waals surface area contributed by atoms with Gasteiger partial charge in [-0.25, -0.2) is 19.3 Å². The Morgan fingerprint density at radius 1 is 1.00 bits per heavy atom. The summed E-state index contributed by atoms with van der Waals surface area (Å²) in [4.78, 5) is 13.9. The van der Waals surface area contributed by atoms with Gasteiger partial charge in [-0.2, -0.15) is 0 Å². The maximum Gasteiger partial charge on any atom is 0.227 e. The van der Waals surface area contributed by atoms with Crippen LogP contribution in [0.15, 0.2) is 36.7 Å². The Bertz CT molecular complexity index is 1080. The number of pyridine rings is 1. The number of hydrogen-bond donors (Lipinski definition) is 3. The van der Waals surface area contributed by atoms with E-state index in [9.17, 15) is 9.50 Å². The molecule has 3 N–H and O–H groups in total. The number of fused-ring (bicyclic) bond motifs is 1. The van der Waals surface area contributed by atoms with E-state index < -0.39 is 0 Å². The molecule has 0 amide bonds. The van der Waals surface area contributed by atoms with E-state index in [1.54, 1.807) is 24.4 Å². The van der Waals surface area contributed by atoms with Gasteiger partial charge in [-0.05, 0) is 69.7 Å². The summed E-state index contributed by atoms with van der Waals surface area (Å²) in [7, 11) is 0. The molecule has 1 saturated carbocycles. The van der Waals surface area contributed by atoms with Crippen LogP contribution in [-0.4, -0.2) is 45.4 Å². The van der Waals surface area contributed by atoms with E-state index in [2.05, 4.69) is 20.6 Å². The summed E-state index contributed by atoms with van der Waals surface area (Å²) in [5.41, 5.74) is 2.14. The Kier molecular flexibility index (Phi) is 6.14. The predicted molar refractivity (Wildman–Crippen MR) is 121 cm³/mol. The predicted octanol–water partition coefficient (Wildman–Crippen LogP) is 4.06. The molecule has 0 bridgehead atoms. The number of ether oxygens (including phenoxy) is 1. The highest BCUT2D eigenvalue weighted by Crippen LogP contribution is 2.38.